The van der Waals surface area contributed by atoms with E-state index in [0.717, 1.165) is 6.07 Å². The standard InChI is InChI=1S/C19H25N3O11S3/c1-13-10-15(20)18(33-7-3-9-35(26,27)28)12-17(13)22-21-16-5-4-14(11-19(16)36(29,30)31)32-6-2-8-34(23,24)25/h4-5,10-12H,2-3,6-9,20H2,1H3,(H,23,24,25)(H,26,27,28)(H,29,30,31). The highest BCUT2D eigenvalue weighted by Crippen LogP contribution is 2.34. The first-order chi connectivity index (χ1) is 16.5. The SMILES string of the molecule is Cc1cc(N)c(OCCCS(=O)(=O)O)cc1N=Nc1ccc(OCCCS(=O)(=O)O)cc1S(=O)(=O)O. The monoisotopic (exact) mass is 567 g/mol. The zero-order chi connectivity index (χ0) is 27.1. The van der Waals surface area contributed by atoms with Crippen LogP contribution in [0.4, 0.5) is 17.1 Å². The highest BCUT2D eigenvalue weighted by atomic mass is 32.2. The molecule has 0 spiro atoms. The molecule has 0 heterocycles. The van der Waals surface area contributed by atoms with Gasteiger partial charge in [0, 0.05) is 12.1 Å². The third-order valence-corrected chi connectivity index (χ3v) is 6.91. The number of nitrogens with two attached hydrogens (primary N) is 1. The summed E-state index contributed by atoms with van der Waals surface area (Å²) in [5, 5.41) is 7.88. The number of rotatable bonds is 13. The fraction of sp³-hybridized carbons (Fsp3) is 0.368. The number of aryl methyl sites for hydroxylation is 1. The van der Waals surface area contributed by atoms with Crippen LogP contribution in [0.2, 0.25) is 0 Å². The number of anilines is 1. The van der Waals surface area contributed by atoms with Gasteiger partial charge in [-0.1, -0.05) is 0 Å². The van der Waals surface area contributed by atoms with Gasteiger partial charge in [-0.3, -0.25) is 13.7 Å². The average Bonchev–Trinajstić information content (AvgIpc) is 2.73. The first kappa shape index (κ1) is 29.4. The molecule has 5 N–H and O–H groups in total. The molecule has 0 aliphatic heterocycles. The van der Waals surface area contributed by atoms with E-state index in [1.807, 2.05) is 0 Å². The van der Waals surface area contributed by atoms with E-state index in [2.05, 4.69) is 10.2 Å². The Morgan fingerprint density at radius 1 is 0.806 bits per heavy atom. The number of hydrogen-bond donors (Lipinski definition) is 4. The van der Waals surface area contributed by atoms with Crippen LogP contribution in [-0.2, 0) is 30.4 Å². The van der Waals surface area contributed by atoms with Crippen LogP contribution in [0.5, 0.6) is 11.5 Å². The fourth-order valence-corrected chi connectivity index (χ4v) is 4.37. The van der Waals surface area contributed by atoms with Crippen LogP contribution in [0, 0.1) is 6.92 Å². The molecule has 0 atom stereocenters. The van der Waals surface area contributed by atoms with Crippen molar-refractivity contribution >= 4 is 47.4 Å². The van der Waals surface area contributed by atoms with Crippen LogP contribution in [0.1, 0.15) is 18.4 Å². The van der Waals surface area contributed by atoms with Crippen LogP contribution >= 0.6 is 0 Å². The van der Waals surface area contributed by atoms with Crippen LogP contribution < -0.4 is 15.2 Å². The van der Waals surface area contributed by atoms with Gasteiger partial charge in [-0.15, -0.1) is 5.11 Å². The van der Waals surface area contributed by atoms with Gasteiger partial charge in [-0.25, -0.2) is 0 Å². The molecule has 17 heteroatoms. The Morgan fingerprint density at radius 2 is 1.36 bits per heavy atom. The minimum absolute atomic E-state index is 0.00107. The lowest BCUT2D eigenvalue weighted by atomic mass is 10.1. The van der Waals surface area contributed by atoms with Crippen molar-refractivity contribution in [1.82, 2.24) is 0 Å². The second-order valence-corrected chi connectivity index (χ2v) is 12.0. The molecule has 0 amide bonds. The van der Waals surface area contributed by atoms with Crippen molar-refractivity contribution < 1.29 is 48.4 Å². The summed E-state index contributed by atoms with van der Waals surface area (Å²) in [4.78, 5) is -0.617. The van der Waals surface area contributed by atoms with Crippen molar-refractivity contribution in [3.63, 3.8) is 0 Å². The van der Waals surface area contributed by atoms with E-state index in [4.69, 9.17) is 24.3 Å². The lowest BCUT2D eigenvalue weighted by Crippen LogP contribution is -2.09. The molecule has 0 saturated heterocycles. The van der Waals surface area contributed by atoms with Gasteiger partial charge in [0.2, 0.25) is 0 Å². The maximum Gasteiger partial charge on any atom is 0.296 e. The lowest BCUT2D eigenvalue weighted by Gasteiger charge is -2.11. The van der Waals surface area contributed by atoms with Gasteiger partial charge in [0.25, 0.3) is 30.4 Å². The van der Waals surface area contributed by atoms with Gasteiger partial charge in [0.15, 0.2) is 0 Å². The van der Waals surface area contributed by atoms with E-state index in [0.29, 0.717) is 5.56 Å². The Labute approximate surface area is 208 Å². The molecule has 0 aliphatic carbocycles. The molecule has 0 radical (unpaired) electrons. The predicted octanol–water partition coefficient (Wildman–Crippen LogP) is 2.55. The molecule has 36 heavy (non-hydrogen) atoms. The van der Waals surface area contributed by atoms with Gasteiger partial charge in [-0.2, -0.15) is 30.4 Å². The molecule has 0 aliphatic rings. The molecule has 0 bridgehead atoms. The summed E-state index contributed by atoms with van der Waals surface area (Å²) in [6.07, 6.45) is -0.0525. The van der Waals surface area contributed by atoms with Crippen molar-refractivity contribution in [2.45, 2.75) is 24.7 Å². The van der Waals surface area contributed by atoms with Gasteiger partial charge < -0.3 is 15.2 Å². The summed E-state index contributed by atoms with van der Waals surface area (Å²) in [6, 6.07) is 6.44. The molecule has 0 unspecified atom stereocenters. The average molecular weight is 568 g/mol. The maximum atomic E-state index is 11.9. The molecule has 0 saturated carbocycles. The maximum absolute atomic E-state index is 11.9. The number of ether oxygens (including phenoxy) is 2. The Bertz CT molecular complexity index is 1440. The number of benzene rings is 2. The van der Waals surface area contributed by atoms with Crippen LogP contribution in [0.3, 0.4) is 0 Å². The van der Waals surface area contributed by atoms with E-state index in [1.54, 1.807) is 6.92 Å². The summed E-state index contributed by atoms with van der Waals surface area (Å²) in [5.74, 6) is -0.878. The number of nitrogens with zero attached hydrogens (tertiary/aromatic N) is 2. The molecule has 2 rings (SSSR count). The smallest absolute Gasteiger partial charge is 0.296 e. The molecule has 0 aromatic heterocycles. The van der Waals surface area contributed by atoms with E-state index in [-0.39, 0.29) is 54.6 Å². The fourth-order valence-electron chi connectivity index (χ4n) is 2.77. The Morgan fingerprint density at radius 3 is 1.92 bits per heavy atom. The third kappa shape index (κ3) is 10.0. The number of azo groups is 1. The summed E-state index contributed by atoms with van der Waals surface area (Å²) in [5.41, 5.74) is 6.69. The highest BCUT2D eigenvalue weighted by molar-refractivity contribution is 7.86. The Balaban J connectivity index is 2.23. The zero-order valence-electron chi connectivity index (χ0n) is 18.9. The van der Waals surface area contributed by atoms with Crippen molar-refractivity contribution in [2.24, 2.45) is 10.2 Å². The van der Waals surface area contributed by atoms with Crippen molar-refractivity contribution in [1.29, 1.82) is 0 Å². The zero-order valence-corrected chi connectivity index (χ0v) is 21.4. The highest BCUT2D eigenvalue weighted by Gasteiger charge is 2.18. The van der Waals surface area contributed by atoms with E-state index < -0.39 is 46.8 Å². The molecular formula is C19H25N3O11S3. The Hall–Kier alpha value is -2.83. The summed E-state index contributed by atoms with van der Waals surface area (Å²) in [7, 11) is -13.0. The van der Waals surface area contributed by atoms with Gasteiger partial charge in [-0.05, 0) is 43.5 Å². The topological polar surface area (TPSA) is 232 Å². The first-order valence-electron chi connectivity index (χ1n) is 10.1. The van der Waals surface area contributed by atoms with Gasteiger partial charge in [0.1, 0.15) is 22.1 Å². The molecular weight excluding hydrogens is 542 g/mol. The van der Waals surface area contributed by atoms with Crippen LogP contribution in [0.15, 0.2) is 45.5 Å². The van der Waals surface area contributed by atoms with E-state index in [1.165, 1.54) is 24.3 Å². The first-order valence-corrected chi connectivity index (χ1v) is 14.8. The van der Waals surface area contributed by atoms with E-state index in [9.17, 15) is 29.8 Å². The predicted molar refractivity (Wildman–Crippen MR) is 129 cm³/mol. The summed E-state index contributed by atoms with van der Waals surface area (Å²) < 4.78 is 105. The minimum atomic E-state index is -4.75. The van der Waals surface area contributed by atoms with Crippen molar-refractivity contribution in [3.8, 4) is 11.5 Å². The minimum Gasteiger partial charge on any atom is -0.494 e. The number of nitrogen functional groups attached to an aromatic ring is 1. The molecule has 14 nitrogen and oxygen atoms in total. The van der Waals surface area contributed by atoms with Crippen molar-refractivity contribution in [2.75, 3.05) is 30.5 Å². The van der Waals surface area contributed by atoms with Gasteiger partial charge in [0.05, 0.1) is 36.1 Å². The summed E-state index contributed by atoms with van der Waals surface area (Å²) >= 11 is 0. The molecule has 0 fully saturated rings. The molecule has 2 aromatic carbocycles. The normalized spacial score (nSPS) is 12.7. The molecule has 2 aromatic rings. The van der Waals surface area contributed by atoms with Crippen LogP contribution in [-0.4, -0.2) is 63.6 Å². The van der Waals surface area contributed by atoms with Crippen molar-refractivity contribution in [3.05, 3.63) is 35.9 Å². The second kappa shape index (κ2) is 11.9. The summed E-state index contributed by atoms with van der Waals surface area (Å²) in [6.45, 7) is 1.44. The Kier molecular flexibility index (Phi) is 9.75. The third-order valence-electron chi connectivity index (χ3n) is 4.42. The quantitative estimate of drug-likeness (QED) is 0.118. The number of hydrogen-bond acceptors (Lipinski definition) is 11. The molecule has 200 valence electrons. The van der Waals surface area contributed by atoms with Crippen LogP contribution in [0.25, 0.3) is 0 Å². The largest absolute Gasteiger partial charge is 0.494 e. The lowest BCUT2D eigenvalue weighted by molar-refractivity contribution is 0.315. The second-order valence-electron chi connectivity index (χ2n) is 7.46. The van der Waals surface area contributed by atoms with E-state index >= 15 is 0 Å². The van der Waals surface area contributed by atoms with Gasteiger partial charge >= 0.3 is 0 Å².